The fourth-order valence-electron chi connectivity index (χ4n) is 2.96. The lowest BCUT2D eigenvalue weighted by molar-refractivity contribution is -0.113. The van der Waals surface area contributed by atoms with Crippen molar-refractivity contribution in [3.8, 4) is 11.5 Å². The lowest BCUT2D eigenvalue weighted by Crippen LogP contribution is -2.15. The number of amides is 1. The monoisotopic (exact) mass is 464 g/mol. The Bertz CT molecular complexity index is 1210. The predicted octanol–water partition coefficient (Wildman–Crippen LogP) is 3.91. The molecule has 33 heavy (non-hydrogen) atoms. The van der Waals surface area contributed by atoms with Crippen molar-refractivity contribution in [2.75, 3.05) is 34.8 Å². The van der Waals surface area contributed by atoms with Crippen LogP contribution in [0.5, 0.6) is 11.5 Å². The molecule has 0 fully saturated rings. The van der Waals surface area contributed by atoms with Crippen LogP contribution in [-0.4, -0.2) is 49.3 Å². The summed E-state index contributed by atoms with van der Waals surface area (Å²) in [7, 11) is 0. The minimum Gasteiger partial charge on any atom is -0.457 e. The van der Waals surface area contributed by atoms with Gasteiger partial charge in [-0.15, -0.1) is 10.2 Å². The topological polar surface area (TPSA) is 118 Å². The molecular formula is C22H24N8O2S. The molecule has 170 valence electrons. The summed E-state index contributed by atoms with van der Waals surface area (Å²) in [5, 5.41) is 18.0. The third kappa shape index (κ3) is 5.69. The Morgan fingerprint density at radius 3 is 2.39 bits per heavy atom. The number of benzene rings is 2. The summed E-state index contributed by atoms with van der Waals surface area (Å²) in [5.74, 6) is 2.89. The first-order valence-electron chi connectivity index (χ1n) is 10.5. The highest BCUT2D eigenvalue weighted by Crippen LogP contribution is 2.24. The zero-order valence-corrected chi connectivity index (χ0v) is 19.1. The van der Waals surface area contributed by atoms with Crippen molar-refractivity contribution >= 4 is 41.0 Å². The second-order valence-corrected chi connectivity index (χ2v) is 7.77. The van der Waals surface area contributed by atoms with Gasteiger partial charge < -0.3 is 20.7 Å². The Kier molecular flexibility index (Phi) is 7.20. The molecule has 0 aliphatic heterocycles. The van der Waals surface area contributed by atoms with Crippen LogP contribution in [0.15, 0.2) is 59.8 Å². The summed E-state index contributed by atoms with van der Waals surface area (Å²) in [6.45, 7) is 5.30. The van der Waals surface area contributed by atoms with Gasteiger partial charge in [0, 0.05) is 18.8 Å². The van der Waals surface area contributed by atoms with Crippen LogP contribution in [0.3, 0.4) is 0 Å². The molecule has 10 nitrogen and oxygen atoms in total. The van der Waals surface area contributed by atoms with Crippen molar-refractivity contribution < 1.29 is 9.53 Å². The number of thioether (sulfide) groups is 1. The van der Waals surface area contributed by atoms with Crippen molar-refractivity contribution in [1.29, 1.82) is 0 Å². The van der Waals surface area contributed by atoms with E-state index in [-0.39, 0.29) is 11.7 Å². The lowest BCUT2D eigenvalue weighted by atomic mass is 10.3. The Balaban J connectivity index is 1.38. The SMILES string of the molecule is CCNc1nc(NCC)n2c(SCC(=O)Nc3ccc(Oc4ccccc4)cc3)nnc2n1. The number of anilines is 3. The molecule has 2 heterocycles. The molecule has 0 saturated carbocycles. The average Bonchev–Trinajstić information content (AvgIpc) is 3.23. The number of fused-ring (bicyclic) bond motifs is 1. The van der Waals surface area contributed by atoms with Crippen molar-refractivity contribution in [1.82, 2.24) is 24.6 Å². The summed E-state index contributed by atoms with van der Waals surface area (Å²) in [6.07, 6.45) is 0. The Morgan fingerprint density at radius 1 is 0.939 bits per heavy atom. The maximum Gasteiger partial charge on any atom is 0.261 e. The van der Waals surface area contributed by atoms with Gasteiger partial charge in [-0.2, -0.15) is 9.97 Å². The van der Waals surface area contributed by atoms with Gasteiger partial charge in [-0.1, -0.05) is 30.0 Å². The molecule has 3 N–H and O–H groups in total. The van der Waals surface area contributed by atoms with Crippen LogP contribution in [0.25, 0.3) is 5.78 Å². The van der Waals surface area contributed by atoms with Crippen molar-refractivity contribution in [3.63, 3.8) is 0 Å². The van der Waals surface area contributed by atoms with Crippen LogP contribution in [-0.2, 0) is 4.79 Å². The zero-order chi connectivity index (χ0) is 23.0. The molecule has 2 aromatic heterocycles. The number of hydrogen-bond donors (Lipinski definition) is 3. The Hall–Kier alpha value is -3.86. The van der Waals surface area contributed by atoms with Gasteiger partial charge in [0.25, 0.3) is 5.78 Å². The van der Waals surface area contributed by atoms with E-state index in [1.54, 1.807) is 16.5 Å². The Morgan fingerprint density at radius 2 is 1.67 bits per heavy atom. The summed E-state index contributed by atoms with van der Waals surface area (Å²) < 4.78 is 7.48. The molecule has 0 radical (unpaired) electrons. The van der Waals surface area contributed by atoms with Gasteiger partial charge in [0.15, 0.2) is 5.16 Å². The smallest absolute Gasteiger partial charge is 0.261 e. The van der Waals surface area contributed by atoms with Crippen LogP contribution in [0.4, 0.5) is 17.6 Å². The molecule has 0 aliphatic carbocycles. The molecule has 0 atom stereocenters. The third-order valence-electron chi connectivity index (χ3n) is 4.36. The van der Waals surface area contributed by atoms with Crippen LogP contribution in [0, 0.1) is 0 Å². The molecule has 0 saturated heterocycles. The average molecular weight is 465 g/mol. The van der Waals surface area contributed by atoms with Gasteiger partial charge in [0.1, 0.15) is 11.5 Å². The van der Waals surface area contributed by atoms with Gasteiger partial charge in [0.05, 0.1) is 5.75 Å². The first kappa shape index (κ1) is 22.3. The number of hydrogen-bond acceptors (Lipinski definition) is 9. The maximum absolute atomic E-state index is 12.5. The molecule has 0 bridgehead atoms. The number of carbonyl (C=O) groups is 1. The number of rotatable bonds is 10. The van der Waals surface area contributed by atoms with Crippen LogP contribution in [0.2, 0.25) is 0 Å². The number of aromatic nitrogens is 5. The molecule has 0 spiro atoms. The molecule has 11 heteroatoms. The van der Waals surface area contributed by atoms with E-state index >= 15 is 0 Å². The summed E-state index contributed by atoms with van der Waals surface area (Å²) >= 11 is 1.26. The van der Waals surface area contributed by atoms with E-state index in [4.69, 9.17) is 4.74 Å². The highest BCUT2D eigenvalue weighted by atomic mass is 32.2. The van der Waals surface area contributed by atoms with Gasteiger partial charge in [-0.05, 0) is 50.2 Å². The third-order valence-corrected chi connectivity index (χ3v) is 5.29. The number of ether oxygens (including phenoxy) is 1. The van der Waals surface area contributed by atoms with Gasteiger partial charge in [-0.25, -0.2) is 4.40 Å². The molecule has 4 rings (SSSR count). The molecule has 2 aromatic carbocycles. The highest BCUT2D eigenvalue weighted by molar-refractivity contribution is 7.99. The molecule has 1 amide bonds. The van der Waals surface area contributed by atoms with Crippen molar-refractivity contribution in [2.24, 2.45) is 0 Å². The van der Waals surface area contributed by atoms with E-state index in [0.29, 0.717) is 47.4 Å². The van der Waals surface area contributed by atoms with Gasteiger partial charge in [0.2, 0.25) is 17.8 Å². The zero-order valence-electron chi connectivity index (χ0n) is 18.3. The molecule has 0 unspecified atom stereocenters. The van der Waals surface area contributed by atoms with E-state index in [9.17, 15) is 4.79 Å². The van der Waals surface area contributed by atoms with E-state index < -0.39 is 0 Å². The number of nitrogens with zero attached hydrogens (tertiary/aromatic N) is 5. The second kappa shape index (κ2) is 10.6. The largest absolute Gasteiger partial charge is 0.457 e. The van der Waals surface area contributed by atoms with E-state index in [1.165, 1.54) is 11.8 Å². The first-order chi connectivity index (χ1) is 16.2. The standard InChI is InChI=1S/C22H24N8O2S/c1-3-23-19-26-20(24-4-2)30-21(27-19)28-29-22(30)33-14-18(31)25-15-10-12-17(13-11-15)32-16-8-6-5-7-9-16/h5-13H,3-4,14H2,1-2H3,(H,25,31)(H2,23,24,26,27,28). The fraction of sp³-hybridized carbons (Fsp3) is 0.227. The summed E-state index contributed by atoms with van der Waals surface area (Å²) in [6, 6.07) is 16.7. The number of carbonyl (C=O) groups excluding carboxylic acids is 1. The first-order valence-corrected chi connectivity index (χ1v) is 11.5. The number of para-hydroxylation sites is 1. The normalized spacial score (nSPS) is 10.7. The lowest BCUT2D eigenvalue weighted by Gasteiger charge is -2.10. The van der Waals surface area contributed by atoms with E-state index in [2.05, 4.69) is 36.1 Å². The summed E-state index contributed by atoms with van der Waals surface area (Å²) in [4.78, 5) is 21.3. The predicted molar refractivity (Wildman–Crippen MR) is 129 cm³/mol. The van der Waals surface area contributed by atoms with Crippen molar-refractivity contribution in [2.45, 2.75) is 19.0 Å². The summed E-state index contributed by atoms with van der Waals surface area (Å²) in [5.41, 5.74) is 0.680. The second-order valence-electron chi connectivity index (χ2n) is 6.83. The molecular weight excluding hydrogens is 440 g/mol. The van der Waals surface area contributed by atoms with Crippen LogP contribution < -0.4 is 20.7 Å². The molecule has 4 aromatic rings. The minimum absolute atomic E-state index is 0.156. The molecule has 0 aliphatic rings. The van der Waals surface area contributed by atoms with Crippen molar-refractivity contribution in [3.05, 3.63) is 54.6 Å². The van der Waals surface area contributed by atoms with Crippen LogP contribution >= 0.6 is 11.8 Å². The Labute approximate surface area is 195 Å². The van der Waals surface area contributed by atoms with E-state index in [1.807, 2.05) is 56.3 Å². The maximum atomic E-state index is 12.5. The quantitative estimate of drug-likeness (QED) is 0.300. The highest BCUT2D eigenvalue weighted by Gasteiger charge is 2.16. The van der Waals surface area contributed by atoms with Gasteiger partial charge in [-0.3, -0.25) is 4.79 Å². The van der Waals surface area contributed by atoms with E-state index in [0.717, 1.165) is 5.75 Å². The minimum atomic E-state index is -0.163. The van der Waals surface area contributed by atoms with Gasteiger partial charge >= 0.3 is 0 Å². The fourth-order valence-corrected chi connectivity index (χ4v) is 3.68. The van der Waals surface area contributed by atoms with Crippen LogP contribution in [0.1, 0.15) is 13.8 Å². The number of nitrogens with one attached hydrogen (secondary N) is 3.